The molecule has 1 N–H and O–H groups in total. The van der Waals surface area contributed by atoms with Crippen LogP contribution >= 0.6 is 27.5 Å². The first-order valence-electron chi connectivity index (χ1n) is 5.51. The van der Waals surface area contributed by atoms with E-state index in [1.807, 2.05) is 31.2 Å². The molecule has 0 fully saturated rings. The summed E-state index contributed by atoms with van der Waals surface area (Å²) >= 11 is 9.32. The van der Waals surface area contributed by atoms with Crippen molar-refractivity contribution in [3.63, 3.8) is 0 Å². The van der Waals surface area contributed by atoms with Crippen LogP contribution < -0.4 is 5.32 Å². The fraction of sp³-hybridized carbons (Fsp3) is 0.143. The van der Waals surface area contributed by atoms with Crippen LogP contribution in [-0.4, -0.2) is 0 Å². The summed E-state index contributed by atoms with van der Waals surface area (Å²) in [6.45, 7) is 2.51. The molecule has 0 saturated carbocycles. The highest BCUT2D eigenvalue weighted by atomic mass is 79.9. The zero-order chi connectivity index (χ0) is 13.1. The van der Waals surface area contributed by atoms with Crippen molar-refractivity contribution in [3.8, 4) is 0 Å². The molecular formula is C14H12BrClFN. The summed E-state index contributed by atoms with van der Waals surface area (Å²) in [6, 6.07) is 10.8. The van der Waals surface area contributed by atoms with Crippen molar-refractivity contribution in [3.05, 3.63) is 62.8 Å². The summed E-state index contributed by atoms with van der Waals surface area (Å²) in [5.41, 5.74) is 2.88. The number of halogens is 3. The molecule has 4 heteroatoms. The molecule has 0 spiro atoms. The van der Waals surface area contributed by atoms with Gasteiger partial charge >= 0.3 is 0 Å². The van der Waals surface area contributed by atoms with Crippen molar-refractivity contribution < 1.29 is 4.39 Å². The number of hydrogen-bond donors (Lipinski definition) is 1. The molecule has 0 aliphatic heterocycles. The highest BCUT2D eigenvalue weighted by molar-refractivity contribution is 9.10. The van der Waals surface area contributed by atoms with E-state index in [1.54, 1.807) is 6.07 Å². The zero-order valence-corrected chi connectivity index (χ0v) is 12.1. The lowest BCUT2D eigenvalue weighted by atomic mass is 10.1. The van der Waals surface area contributed by atoms with E-state index in [4.69, 9.17) is 11.6 Å². The van der Waals surface area contributed by atoms with Gasteiger partial charge in [0.2, 0.25) is 0 Å². The van der Waals surface area contributed by atoms with Crippen LogP contribution in [-0.2, 0) is 6.54 Å². The Morgan fingerprint density at radius 3 is 2.78 bits per heavy atom. The SMILES string of the molecule is Cc1cc(Br)ccc1NCc1cccc(F)c1Cl. The van der Waals surface area contributed by atoms with Gasteiger partial charge in [-0.1, -0.05) is 39.7 Å². The van der Waals surface area contributed by atoms with Crippen molar-refractivity contribution in [2.75, 3.05) is 5.32 Å². The normalized spacial score (nSPS) is 10.4. The Morgan fingerprint density at radius 2 is 2.06 bits per heavy atom. The Morgan fingerprint density at radius 1 is 1.28 bits per heavy atom. The lowest BCUT2D eigenvalue weighted by Gasteiger charge is -2.11. The second-order valence-electron chi connectivity index (χ2n) is 4.03. The molecule has 0 unspecified atom stereocenters. The van der Waals surface area contributed by atoms with Crippen molar-refractivity contribution >= 4 is 33.2 Å². The first kappa shape index (κ1) is 13.4. The maximum Gasteiger partial charge on any atom is 0.142 e. The second kappa shape index (κ2) is 5.72. The van der Waals surface area contributed by atoms with E-state index in [-0.39, 0.29) is 10.8 Å². The Hall–Kier alpha value is -1.06. The first-order chi connectivity index (χ1) is 8.58. The van der Waals surface area contributed by atoms with Gasteiger partial charge in [0, 0.05) is 16.7 Å². The molecule has 0 aliphatic carbocycles. The molecular weight excluding hydrogens is 317 g/mol. The topological polar surface area (TPSA) is 12.0 Å². The number of benzene rings is 2. The van der Waals surface area contributed by atoms with E-state index in [0.717, 1.165) is 21.3 Å². The minimum absolute atomic E-state index is 0.180. The Balaban J connectivity index is 2.14. The predicted octanol–water partition coefficient (Wildman–Crippen LogP) is 5.16. The van der Waals surface area contributed by atoms with Crippen molar-refractivity contribution in [1.29, 1.82) is 0 Å². The summed E-state index contributed by atoms with van der Waals surface area (Å²) in [4.78, 5) is 0. The van der Waals surface area contributed by atoms with Crippen LogP contribution in [0.5, 0.6) is 0 Å². The first-order valence-corrected chi connectivity index (χ1v) is 6.68. The molecule has 0 radical (unpaired) electrons. The Kier molecular flexibility index (Phi) is 4.25. The lowest BCUT2D eigenvalue weighted by Crippen LogP contribution is -2.02. The van der Waals surface area contributed by atoms with E-state index >= 15 is 0 Å². The van der Waals surface area contributed by atoms with Gasteiger partial charge in [0.1, 0.15) is 5.82 Å². The fourth-order valence-corrected chi connectivity index (χ4v) is 2.37. The third kappa shape index (κ3) is 3.03. The van der Waals surface area contributed by atoms with Gasteiger partial charge in [-0.15, -0.1) is 0 Å². The molecule has 0 atom stereocenters. The molecule has 2 aromatic rings. The smallest absolute Gasteiger partial charge is 0.142 e. The average Bonchev–Trinajstić information content (AvgIpc) is 2.33. The van der Waals surface area contributed by atoms with E-state index in [2.05, 4.69) is 21.2 Å². The van der Waals surface area contributed by atoms with Crippen LogP contribution in [0.25, 0.3) is 0 Å². The average molecular weight is 329 g/mol. The van der Waals surface area contributed by atoms with Crippen LogP contribution in [0.1, 0.15) is 11.1 Å². The van der Waals surface area contributed by atoms with E-state index in [9.17, 15) is 4.39 Å². The largest absolute Gasteiger partial charge is 0.381 e. The molecule has 0 aromatic heterocycles. The zero-order valence-electron chi connectivity index (χ0n) is 9.81. The van der Waals surface area contributed by atoms with E-state index in [1.165, 1.54) is 6.07 Å². The van der Waals surface area contributed by atoms with Gasteiger partial charge in [0.15, 0.2) is 0 Å². The maximum atomic E-state index is 13.3. The molecule has 0 aliphatic rings. The number of aryl methyl sites for hydroxylation is 1. The minimum Gasteiger partial charge on any atom is -0.381 e. The van der Waals surface area contributed by atoms with Crippen molar-refractivity contribution in [1.82, 2.24) is 0 Å². The van der Waals surface area contributed by atoms with Crippen LogP contribution in [0, 0.1) is 12.7 Å². The molecule has 2 rings (SSSR count). The number of rotatable bonds is 3. The lowest BCUT2D eigenvalue weighted by molar-refractivity contribution is 0.626. The standard InChI is InChI=1S/C14H12BrClFN/c1-9-7-11(15)5-6-13(9)18-8-10-3-2-4-12(17)14(10)16/h2-7,18H,8H2,1H3. The Labute approximate surface area is 119 Å². The minimum atomic E-state index is -0.386. The molecule has 0 amide bonds. The highest BCUT2D eigenvalue weighted by Crippen LogP contribution is 2.23. The second-order valence-corrected chi connectivity index (χ2v) is 5.32. The van der Waals surface area contributed by atoms with E-state index < -0.39 is 0 Å². The van der Waals surface area contributed by atoms with Gasteiger partial charge in [0.05, 0.1) is 5.02 Å². The third-order valence-electron chi connectivity index (χ3n) is 2.69. The summed E-state index contributed by atoms with van der Waals surface area (Å²) in [5.74, 6) is -0.386. The predicted molar refractivity (Wildman–Crippen MR) is 77.6 cm³/mol. The van der Waals surface area contributed by atoms with Crippen LogP contribution in [0.4, 0.5) is 10.1 Å². The summed E-state index contributed by atoms with van der Waals surface area (Å²) < 4.78 is 14.3. The van der Waals surface area contributed by atoms with Gasteiger partial charge in [0.25, 0.3) is 0 Å². The van der Waals surface area contributed by atoms with Gasteiger partial charge < -0.3 is 5.32 Å². The summed E-state index contributed by atoms with van der Waals surface area (Å²) in [5, 5.41) is 3.43. The fourth-order valence-electron chi connectivity index (χ4n) is 1.70. The molecule has 0 heterocycles. The van der Waals surface area contributed by atoms with Crippen LogP contribution in [0.15, 0.2) is 40.9 Å². The highest BCUT2D eigenvalue weighted by Gasteiger charge is 2.06. The summed E-state index contributed by atoms with van der Waals surface area (Å²) in [7, 11) is 0. The van der Waals surface area contributed by atoms with Gasteiger partial charge in [-0.25, -0.2) is 4.39 Å². The van der Waals surface area contributed by atoms with Gasteiger partial charge in [-0.3, -0.25) is 0 Å². The Bertz CT molecular complexity index is 572. The molecule has 94 valence electrons. The number of anilines is 1. The van der Waals surface area contributed by atoms with E-state index in [0.29, 0.717) is 6.54 Å². The van der Waals surface area contributed by atoms with Gasteiger partial charge in [-0.05, 0) is 42.3 Å². The molecule has 0 saturated heterocycles. The maximum absolute atomic E-state index is 13.3. The molecule has 0 bridgehead atoms. The molecule has 2 aromatic carbocycles. The molecule has 1 nitrogen and oxygen atoms in total. The van der Waals surface area contributed by atoms with Crippen molar-refractivity contribution in [2.24, 2.45) is 0 Å². The molecule has 18 heavy (non-hydrogen) atoms. The van der Waals surface area contributed by atoms with Crippen molar-refractivity contribution in [2.45, 2.75) is 13.5 Å². The van der Waals surface area contributed by atoms with Crippen LogP contribution in [0.3, 0.4) is 0 Å². The monoisotopic (exact) mass is 327 g/mol. The number of nitrogens with one attached hydrogen (secondary N) is 1. The van der Waals surface area contributed by atoms with Crippen LogP contribution in [0.2, 0.25) is 5.02 Å². The third-order valence-corrected chi connectivity index (χ3v) is 3.61. The number of hydrogen-bond acceptors (Lipinski definition) is 1. The van der Waals surface area contributed by atoms with Gasteiger partial charge in [-0.2, -0.15) is 0 Å². The quantitative estimate of drug-likeness (QED) is 0.820. The summed E-state index contributed by atoms with van der Waals surface area (Å²) in [6.07, 6.45) is 0.